The number of nitriles is 1. The van der Waals surface area contributed by atoms with Crippen molar-refractivity contribution >= 4 is 5.78 Å². The monoisotopic (exact) mass is 219 g/mol. The summed E-state index contributed by atoms with van der Waals surface area (Å²) in [5.41, 5.74) is -0.0859. The van der Waals surface area contributed by atoms with Gasteiger partial charge in [0.15, 0.2) is 5.78 Å². The van der Waals surface area contributed by atoms with Crippen LogP contribution in [-0.2, 0) is 11.2 Å². The number of carbonyl (C=O) groups excluding carboxylic acids is 1. The first-order chi connectivity index (χ1) is 7.56. The molecule has 0 aliphatic carbocycles. The van der Waals surface area contributed by atoms with Crippen molar-refractivity contribution in [3.05, 3.63) is 47.0 Å². The Kier molecular flexibility index (Phi) is 3.78. The average molecular weight is 219 g/mol. The first-order valence-corrected chi connectivity index (χ1v) is 4.62. The summed E-state index contributed by atoms with van der Waals surface area (Å²) in [6.45, 7) is 1.18. The minimum absolute atomic E-state index is 0.158. The van der Waals surface area contributed by atoms with E-state index in [1.807, 2.05) is 0 Å². The smallest absolute Gasteiger partial charge is 0.173 e. The van der Waals surface area contributed by atoms with Crippen molar-refractivity contribution < 1.29 is 14.3 Å². The number of nitrogens with zero attached hydrogens (tertiary/aromatic N) is 1. The first-order valence-electron chi connectivity index (χ1n) is 4.62. The Labute approximate surface area is 92.4 Å². The molecule has 16 heavy (non-hydrogen) atoms. The number of allylic oxidation sites excluding steroid dienone is 2. The molecule has 1 aromatic rings. The largest absolute Gasteiger partial charge is 0.510 e. The van der Waals surface area contributed by atoms with Gasteiger partial charge < -0.3 is 5.11 Å². The molecule has 0 unspecified atom stereocenters. The number of ketones is 1. The summed E-state index contributed by atoms with van der Waals surface area (Å²) >= 11 is 0. The van der Waals surface area contributed by atoms with Gasteiger partial charge in [0.25, 0.3) is 0 Å². The Hall–Kier alpha value is -2.15. The molecule has 4 heteroatoms. The molecule has 0 saturated carbocycles. The molecule has 1 rings (SSSR count). The van der Waals surface area contributed by atoms with Gasteiger partial charge in [-0.05, 0) is 18.6 Å². The van der Waals surface area contributed by atoms with Gasteiger partial charge in [-0.15, -0.1) is 0 Å². The van der Waals surface area contributed by atoms with Crippen molar-refractivity contribution in [2.75, 3.05) is 0 Å². The molecule has 0 fully saturated rings. The molecule has 1 N–H and O–H groups in total. The van der Waals surface area contributed by atoms with E-state index in [0.717, 1.165) is 0 Å². The topological polar surface area (TPSA) is 61.1 Å². The van der Waals surface area contributed by atoms with E-state index in [4.69, 9.17) is 5.26 Å². The third-order valence-electron chi connectivity index (χ3n) is 2.07. The van der Waals surface area contributed by atoms with E-state index < -0.39 is 17.4 Å². The highest BCUT2D eigenvalue weighted by Gasteiger charge is 2.12. The Morgan fingerprint density at radius 1 is 1.50 bits per heavy atom. The van der Waals surface area contributed by atoms with Gasteiger partial charge in [0.2, 0.25) is 0 Å². The maximum Gasteiger partial charge on any atom is 0.173 e. The number of benzene rings is 1. The van der Waals surface area contributed by atoms with Gasteiger partial charge in [-0.3, -0.25) is 4.79 Å². The molecule has 0 atom stereocenters. The van der Waals surface area contributed by atoms with Crippen LogP contribution in [0, 0.1) is 17.1 Å². The summed E-state index contributed by atoms with van der Waals surface area (Å²) in [5.74, 6) is -1.41. The quantitative estimate of drug-likeness (QED) is 0.482. The fraction of sp³-hybridized carbons (Fsp3) is 0.167. The zero-order valence-corrected chi connectivity index (χ0v) is 8.70. The van der Waals surface area contributed by atoms with Crippen molar-refractivity contribution in [1.82, 2.24) is 0 Å². The molecule has 0 aliphatic heterocycles. The molecule has 0 spiro atoms. The average Bonchev–Trinajstić information content (AvgIpc) is 2.22. The van der Waals surface area contributed by atoms with Crippen LogP contribution < -0.4 is 0 Å². The highest BCUT2D eigenvalue weighted by atomic mass is 19.1. The molecule has 82 valence electrons. The van der Waals surface area contributed by atoms with Crippen molar-refractivity contribution in [1.29, 1.82) is 5.26 Å². The molecule has 0 aromatic heterocycles. The van der Waals surface area contributed by atoms with E-state index in [-0.39, 0.29) is 17.6 Å². The fourth-order valence-electron chi connectivity index (χ4n) is 1.26. The van der Waals surface area contributed by atoms with Crippen LogP contribution in [0.3, 0.4) is 0 Å². The maximum atomic E-state index is 13.2. The van der Waals surface area contributed by atoms with Crippen LogP contribution in [0.15, 0.2) is 35.6 Å². The van der Waals surface area contributed by atoms with E-state index in [2.05, 4.69) is 0 Å². The van der Waals surface area contributed by atoms with Crippen molar-refractivity contribution in [3.8, 4) is 6.07 Å². The van der Waals surface area contributed by atoms with Gasteiger partial charge in [0, 0.05) is 6.42 Å². The highest BCUT2D eigenvalue weighted by Crippen LogP contribution is 2.13. The maximum absolute atomic E-state index is 13.2. The van der Waals surface area contributed by atoms with Crippen molar-refractivity contribution in [3.63, 3.8) is 0 Å². The van der Waals surface area contributed by atoms with Crippen LogP contribution >= 0.6 is 0 Å². The minimum atomic E-state index is -0.531. The lowest BCUT2D eigenvalue weighted by Crippen LogP contribution is -2.03. The summed E-state index contributed by atoms with van der Waals surface area (Å²) in [4.78, 5) is 11.0. The Balaban J connectivity index is 3.03. The second-order valence-electron chi connectivity index (χ2n) is 3.26. The normalized spacial score (nSPS) is 11.6. The van der Waals surface area contributed by atoms with E-state index in [0.29, 0.717) is 0 Å². The van der Waals surface area contributed by atoms with Crippen molar-refractivity contribution in [2.24, 2.45) is 0 Å². The van der Waals surface area contributed by atoms with E-state index in [1.54, 1.807) is 12.1 Å². The summed E-state index contributed by atoms with van der Waals surface area (Å²) in [5, 5.41) is 18.2. The van der Waals surface area contributed by atoms with Gasteiger partial charge in [0.05, 0.1) is 0 Å². The van der Waals surface area contributed by atoms with Crippen LogP contribution in [0.5, 0.6) is 0 Å². The molecular formula is C12H10FNO2. The molecule has 0 radical (unpaired) electrons. The number of rotatable bonds is 3. The predicted molar refractivity (Wildman–Crippen MR) is 56.1 cm³/mol. The lowest BCUT2D eigenvalue weighted by Gasteiger charge is -2.03. The molecule has 1 aromatic carbocycles. The Morgan fingerprint density at radius 2 is 2.12 bits per heavy atom. The summed E-state index contributed by atoms with van der Waals surface area (Å²) in [6.07, 6.45) is -0.158. The first kappa shape index (κ1) is 11.9. The van der Waals surface area contributed by atoms with Gasteiger partial charge in [-0.25, -0.2) is 4.39 Å². The van der Waals surface area contributed by atoms with Crippen molar-refractivity contribution in [2.45, 2.75) is 13.3 Å². The number of hydrogen-bond acceptors (Lipinski definition) is 3. The Bertz CT molecular complexity index is 486. The molecule has 3 nitrogen and oxygen atoms in total. The van der Waals surface area contributed by atoms with E-state index in [1.165, 1.54) is 25.1 Å². The highest BCUT2D eigenvalue weighted by molar-refractivity contribution is 5.97. The molecular weight excluding hydrogens is 209 g/mol. The summed E-state index contributed by atoms with van der Waals surface area (Å²) in [6, 6.07) is 7.48. The van der Waals surface area contributed by atoms with Crippen LogP contribution in [0.25, 0.3) is 0 Å². The Morgan fingerprint density at radius 3 is 2.62 bits per heavy atom. The predicted octanol–water partition coefficient (Wildman–Crippen LogP) is 2.29. The number of aliphatic hydroxyl groups excluding tert-OH is 1. The lowest BCUT2D eigenvalue weighted by molar-refractivity contribution is -0.113. The zero-order chi connectivity index (χ0) is 12.1. The van der Waals surface area contributed by atoms with Gasteiger partial charge in [-0.1, -0.05) is 18.2 Å². The van der Waals surface area contributed by atoms with Gasteiger partial charge in [0.1, 0.15) is 23.2 Å². The van der Waals surface area contributed by atoms with Crippen LogP contribution in [0.2, 0.25) is 0 Å². The summed E-state index contributed by atoms with van der Waals surface area (Å²) in [7, 11) is 0. The third kappa shape index (κ3) is 2.67. The number of carbonyl (C=O) groups is 1. The standard InChI is InChI=1S/C12H10FNO2/c1-8(15)10(7-14)12(16)6-9-4-2-3-5-11(9)13/h2-5,16H,6H2,1H3. The number of Topliss-reactive ketones (excluding diaryl/α,β-unsaturated/α-hetero) is 1. The lowest BCUT2D eigenvalue weighted by atomic mass is 10.1. The number of aliphatic hydroxyl groups is 1. The molecule has 0 bridgehead atoms. The zero-order valence-electron chi connectivity index (χ0n) is 8.70. The number of hydrogen-bond donors (Lipinski definition) is 1. The van der Waals surface area contributed by atoms with Crippen LogP contribution in [0.1, 0.15) is 12.5 Å². The molecule has 0 saturated heterocycles. The number of halogens is 1. The molecule has 0 amide bonds. The SMILES string of the molecule is CC(=O)C(C#N)=C(O)Cc1ccccc1F. The third-order valence-corrected chi connectivity index (χ3v) is 2.07. The second-order valence-corrected chi connectivity index (χ2v) is 3.26. The fourth-order valence-corrected chi connectivity index (χ4v) is 1.26. The minimum Gasteiger partial charge on any atom is -0.510 e. The van der Waals surface area contributed by atoms with Crippen LogP contribution in [-0.4, -0.2) is 10.9 Å². The molecule has 0 heterocycles. The van der Waals surface area contributed by atoms with Gasteiger partial charge in [-0.2, -0.15) is 5.26 Å². The van der Waals surface area contributed by atoms with E-state index in [9.17, 15) is 14.3 Å². The second kappa shape index (κ2) is 5.08. The van der Waals surface area contributed by atoms with Crippen LogP contribution in [0.4, 0.5) is 4.39 Å². The van der Waals surface area contributed by atoms with E-state index >= 15 is 0 Å². The molecule has 0 aliphatic rings. The van der Waals surface area contributed by atoms with Gasteiger partial charge >= 0.3 is 0 Å². The summed E-state index contributed by atoms with van der Waals surface area (Å²) < 4.78 is 13.2.